The van der Waals surface area contributed by atoms with E-state index in [-0.39, 0.29) is 101 Å². The number of piperazine rings is 1. The number of aliphatic imine (C=N–C) groups is 1. The maximum atomic E-state index is 15.2. The van der Waals surface area contributed by atoms with Crippen LogP contribution in [0.15, 0.2) is 112 Å². The van der Waals surface area contributed by atoms with E-state index in [1.165, 1.54) is 4.90 Å². The van der Waals surface area contributed by atoms with Gasteiger partial charge in [-0.15, -0.1) is 0 Å². The second-order valence-electron chi connectivity index (χ2n) is 19.5. The van der Waals surface area contributed by atoms with Gasteiger partial charge in [0.05, 0.1) is 36.2 Å². The van der Waals surface area contributed by atoms with E-state index in [9.17, 15) is 24.0 Å². The Bertz CT molecular complexity index is 3090. The first-order valence-corrected chi connectivity index (χ1v) is 25.5. The number of ether oxygens (including phenoxy) is 3. The number of fused-ring (bicyclic) bond motifs is 1. The maximum absolute atomic E-state index is 15.2. The van der Waals surface area contributed by atoms with Gasteiger partial charge < -0.3 is 28.9 Å². The summed E-state index contributed by atoms with van der Waals surface area (Å²) in [5.74, 6) is 0.525. The van der Waals surface area contributed by atoms with Crippen molar-refractivity contribution in [2.45, 2.75) is 91.1 Å². The first-order valence-electron chi connectivity index (χ1n) is 25.1. The Kier molecular flexibility index (Phi) is 15.4. The molecule has 3 atom stereocenters. The monoisotopic (exact) mass is 1030 g/mol. The molecule has 9 rings (SSSR count). The Morgan fingerprint density at radius 2 is 1.51 bits per heavy atom. The highest BCUT2D eigenvalue weighted by Crippen LogP contribution is 2.46. The molecule has 4 aliphatic heterocycles. The van der Waals surface area contributed by atoms with E-state index in [1.54, 1.807) is 58.2 Å². The van der Waals surface area contributed by atoms with E-state index >= 15 is 4.79 Å². The van der Waals surface area contributed by atoms with Crippen molar-refractivity contribution in [3.8, 4) is 17.2 Å². The molecule has 17 nitrogen and oxygen atoms in total. The number of ketones is 1. The number of amides is 6. The van der Waals surface area contributed by atoms with E-state index < -0.39 is 24.0 Å². The quantitative estimate of drug-likeness (QED) is 0.0786. The highest BCUT2D eigenvalue weighted by molar-refractivity contribution is 6.30. The fourth-order valence-electron chi connectivity index (χ4n) is 10.0. The molecule has 388 valence electrons. The number of nitrogens with zero attached hydrogens (tertiary/aromatic N) is 7. The maximum Gasteiger partial charge on any atom is 0.326 e. The van der Waals surface area contributed by atoms with Crippen molar-refractivity contribution in [1.82, 2.24) is 24.9 Å². The molecule has 4 heterocycles. The number of piperidine rings is 1. The molecule has 18 heteroatoms. The summed E-state index contributed by atoms with van der Waals surface area (Å²) in [5.41, 5.74) is 7.04. The van der Waals surface area contributed by atoms with Crippen LogP contribution in [-0.2, 0) is 25.7 Å². The number of amidine groups is 1. The highest BCUT2D eigenvalue weighted by atomic mass is 35.5. The molecule has 4 aliphatic rings. The number of carbonyl (C=O) groups excluding carboxylic acids is 6. The summed E-state index contributed by atoms with van der Waals surface area (Å²) in [7, 11) is 1.59. The fourth-order valence-corrected chi connectivity index (χ4v) is 10.2. The van der Waals surface area contributed by atoms with Crippen LogP contribution in [-0.4, -0.2) is 113 Å². The van der Waals surface area contributed by atoms with Gasteiger partial charge in [0.1, 0.15) is 41.8 Å². The number of urea groups is 1. The molecule has 0 saturated carbocycles. The lowest BCUT2D eigenvalue weighted by atomic mass is 9.93. The zero-order valence-electron chi connectivity index (χ0n) is 42.8. The number of aryl methyl sites for hydroxylation is 3. The number of hydrogen-bond donors (Lipinski definition) is 1. The molecule has 75 heavy (non-hydrogen) atoms. The summed E-state index contributed by atoms with van der Waals surface area (Å²) < 4.78 is 17.9. The first-order chi connectivity index (χ1) is 36.1. The Balaban J connectivity index is 0.826. The number of benzene rings is 5. The minimum absolute atomic E-state index is 0.00913. The number of halogens is 1. The SMILES string of the molecule is COc1ccc(C2=N[C@@H](c3ccc(Cl)cc3)[C@@H](c3ccc(C)cc3)N2C(=O)N2CCN(C(=O)CCC(=O)COc3c(C)cc(N=Nc4cccc5c4CN(C4CCC(=O)NC4=O)C5=O)cc3C)CC2)c(OC(C)C)c1. The van der Waals surface area contributed by atoms with E-state index in [0.717, 1.165) is 27.8 Å². The van der Waals surface area contributed by atoms with Gasteiger partial charge in [0, 0.05) is 74.2 Å². The molecule has 5 aromatic rings. The standard InChI is InChI=1S/C57H59ClN8O9/c1-33(2)75-48-30-42(73-6)19-20-44(48)54-60-51(37-14-16-39(58)17-15-37)52(38-12-10-34(3)11-13-38)66(54)57(72)64-26-24-63(25-27-64)50(69)23-18-41(67)32-74-53-35(4)28-40(29-36(53)5)61-62-46-9-7-8-43-45(46)31-65(56(43)71)47-21-22-49(68)59-55(47)70/h7-17,19-20,28-30,33,47,51-52H,18,21-27,31-32H2,1-6H3,(H,59,68,70)/t47?,51-,52+/m0/s1. The van der Waals surface area contributed by atoms with Gasteiger partial charge in [-0.25, -0.2) is 4.79 Å². The van der Waals surface area contributed by atoms with E-state index in [2.05, 4.69) is 15.5 Å². The molecule has 5 aromatic carbocycles. The van der Waals surface area contributed by atoms with Crippen LogP contribution in [0.3, 0.4) is 0 Å². The number of nitrogens with one attached hydrogen (secondary N) is 1. The molecule has 0 aliphatic carbocycles. The van der Waals surface area contributed by atoms with E-state index in [4.69, 9.17) is 30.8 Å². The van der Waals surface area contributed by atoms with Crippen molar-refractivity contribution >= 4 is 64.3 Å². The summed E-state index contributed by atoms with van der Waals surface area (Å²) in [6, 6.07) is 27.8. The summed E-state index contributed by atoms with van der Waals surface area (Å²) in [6.45, 7) is 10.6. The van der Waals surface area contributed by atoms with Crippen molar-refractivity contribution in [3.63, 3.8) is 0 Å². The molecule has 1 unspecified atom stereocenters. The lowest BCUT2D eigenvalue weighted by molar-refractivity contribution is -0.137. The molecule has 0 aromatic heterocycles. The van der Waals surface area contributed by atoms with Crippen molar-refractivity contribution in [3.05, 3.63) is 147 Å². The van der Waals surface area contributed by atoms with Crippen molar-refractivity contribution in [2.75, 3.05) is 39.9 Å². The van der Waals surface area contributed by atoms with Crippen LogP contribution < -0.4 is 19.5 Å². The van der Waals surface area contributed by atoms with Crippen molar-refractivity contribution in [1.29, 1.82) is 0 Å². The van der Waals surface area contributed by atoms with Crippen LogP contribution in [0.25, 0.3) is 0 Å². The zero-order valence-corrected chi connectivity index (χ0v) is 43.6. The molecule has 6 amide bonds. The molecular formula is C57H59ClN8O9. The summed E-state index contributed by atoms with van der Waals surface area (Å²) >= 11 is 6.36. The normalized spacial score (nSPS) is 18.6. The van der Waals surface area contributed by atoms with Gasteiger partial charge in [0.25, 0.3) is 5.91 Å². The number of azo groups is 1. The lowest BCUT2D eigenvalue weighted by Gasteiger charge is -2.39. The van der Waals surface area contributed by atoms with E-state index in [0.29, 0.717) is 56.2 Å². The highest BCUT2D eigenvalue weighted by Gasteiger charge is 2.45. The molecule has 2 fully saturated rings. The summed E-state index contributed by atoms with van der Waals surface area (Å²) in [4.78, 5) is 91.6. The third-order valence-corrected chi connectivity index (χ3v) is 14.1. The molecule has 1 N–H and O–H groups in total. The molecule has 0 bridgehead atoms. The molecular weight excluding hydrogens is 976 g/mol. The largest absolute Gasteiger partial charge is 0.497 e. The molecule has 0 radical (unpaired) electrons. The average Bonchev–Trinajstić information content (AvgIpc) is 3.95. The summed E-state index contributed by atoms with van der Waals surface area (Å²) in [6.07, 6.45) is 0.202. The number of Topliss-reactive ketones (excluding diaryl/α,β-unsaturated/α-hetero) is 1. The lowest BCUT2D eigenvalue weighted by Crippen LogP contribution is -2.55. The van der Waals surface area contributed by atoms with Crippen LogP contribution in [0.5, 0.6) is 17.2 Å². The Morgan fingerprint density at radius 1 is 0.813 bits per heavy atom. The van der Waals surface area contributed by atoms with Gasteiger partial charge >= 0.3 is 6.03 Å². The van der Waals surface area contributed by atoms with Crippen molar-refractivity contribution < 1.29 is 43.0 Å². The predicted octanol–water partition coefficient (Wildman–Crippen LogP) is 9.47. The van der Waals surface area contributed by atoms with Gasteiger partial charge in [-0.3, -0.25) is 39.2 Å². The number of rotatable bonds is 15. The minimum atomic E-state index is -0.744. The van der Waals surface area contributed by atoms with Crippen molar-refractivity contribution in [2.24, 2.45) is 15.2 Å². The van der Waals surface area contributed by atoms with Crippen LogP contribution in [0.4, 0.5) is 16.2 Å². The Labute approximate surface area is 440 Å². The minimum Gasteiger partial charge on any atom is -0.497 e. The molecule has 2 saturated heterocycles. The molecule has 0 spiro atoms. The predicted molar refractivity (Wildman–Crippen MR) is 281 cm³/mol. The van der Waals surface area contributed by atoms with Crippen LogP contribution in [0, 0.1) is 20.8 Å². The zero-order chi connectivity index (χ0) is 53.1. The van der Waals surface area contributed by atoms with Gasteiger partial charge in [-0.05, 0) is 112 Å². The number of imide groups is 1. The fraction of sp³-hybridized carbons (Fsp3) is 0.351. The van der Waals surface area contributed by atoms with Crippen LogP contribution in [0.1, 0.15) is 101 Å². The average molecular weight is 1040 g/mol. The third-order valence-electron chi connectivity index (χ3n) is 13.9. The van der Waals surface area contributed by atoms with Crippen LogP contribution >= 0.6 is 11.6 Å². The second-order valence-corrected chi connectivity index (χ2v) is 19.9. The van der Waals surface area contributed by atoms with Crippen LogP contribution in [0.2, 0.25) is 5.02 Å². The second kappa shape index (κ2) is 22.3. The smallest absolute Gasteiger partial charge is 0.326 e. The number of carbonyl (C=O) groups is 6. The van der Waals surface area contributed by atoms with Gasteiger partial charge in [-0.1, -0.05) is 59.6 Å². The van der Waals surface area contributed by atoms with Gasteiger partial charge in [0.15, 0.2) is 5.78 Å². The van der Waals surface area contributed by atoms with Gasteiger partial charge in [-0.2, -0.15) is 10.2 Å². The number of hydrogen-bond acceptors (Lipinski definition) is 12. The topological polar surface area (TPSA) is 192 Å². The van der Waals surface area contributed by atoms with Gasteiger partial charge in [0.2, 0.25) is 17.7 Å². The number of methoxy groups -OCH3 is 1. The first kappa shape index (κ1) is 52.0. The Morgan fingerprint density at radius 3 is 2.19 bits per heavy atom. The Hall–Kier alpha value is -7.92. The van der Waals surface area contributed by atoms with E-state index in [1.807, 2.05) is 95.3 Å². The third kappa shape index (κ3) is 11.3. The summed E-state index contributed by atoms with van der Waals surface area (Å²) in [5, 5.41) is 11.8.